The normalized spacial score (nSPS) is 16.6. The molecule has 0 spiro atoms. The van der Waals surface area contributed by atoms with E-state index in [0.717, 1.165) is 6.54 Å². The number of amides is 1. The van der Waals surface area contributed by atoms with Crippen LogP contribution in [0, 0.1) is 15.3 Å². The van der Waals surface area contributed by atoms with Crippen LogP contribution in [0.4, 0.5) is 4.39 Å². The lowest BCUT2D eigenvalue weighted by Gasteiger charge is -2.21. The van der Waals surface area contributed by atoms with Crippen LogP contribution >= 0.6 is 22.6 Å². The van der Waals surface area contributed by atoms with Crippen molar-refractivity contribution in [3.05, 3.63) is 33.1 Å². The third-order valence-electron chi connectivity index (χ3n) is 3.45. The second kappa shape index (κ2) is 6.50. The first-order chi connectivity index (χ1) is 8.66. The highest BCUT2D eigenvalue weighted by molar-refractivity contribution is 14.1. The van der Waals surface area contributed by atoms with E-state index in [1.54, 1.807) is 6.07 Å². The SMILES string of the molecule is O=C(NCC1CCCCC1)c1ccc(F)cc1I. The van der Waals surface area contributed by atoms with E-state index >= 15 is 0 Å². The molecule has 0 aliphatic heterocycles. The molecule has 18 heavy (non-hydrogen) atoms. The lowest BCUT2D eigenvalue weighted by atomic mass is 9.89. The van der Waals surface area contributed by atoms with E-state index in [-0.39, 0.29) is 11.7 Å². The van der Waals surface area contributed by atoms with Gasteiger partial charge in [-0.3, -0.25) is 4.79 Å². The molecule has 1 aliphatic carbocycles. The molecular weight excluding hydrogens is 344 g/mol. The third-order valence-corrected chi connectivity index (χ3v) is 4.34. The minimum absolute atomic E-state index is 0.0926. The maximum absolute atomic E-state index is 13.0. The van der Waals surface area contributed by atoms with Crippen LogP contribution < -0.4 is 5.32 Å². The molecule has 4 heteroatoms. The summed E-state index contributed by atoms with van der Waals surface area (Å²) in [4.78, 5) is 12.0. The summed E-state index contributed by atoms with van der Waals surface area (Å²) in [5.74, 6) is 0.217. The Hall–Kier alpha value is -0.650. The Morgan fingerprint density at radius 2 is 2.06 bits per heavy atom. The number of hydrogen-bond donors (Lipinski definition) is 1. The van der Waals surface area contributed by atoms with Crippen molar-refractivity contribution in [3.63, 3.8) is 0 Å². The predicted octanol–water partition coefficient (Wildman–Crippen LogP) is 3.74. The van der Waals surface area contributed by atoms with Crippen molar-refractivity contribution in [2.45, 2.75) is 32.1 Å². The van der Waals surface area contributed by atoms with Crippen molar-refractivity contribution in [2.75, 3.05) is 6.54 Å². The van der Waals surface area contributed by atoms with Gasteiger partial charge >= 0.3 is 0 Å². The average Bonchev–Trinajstić information content (AvgIpc) is 2.37. The molecule has 0 heterocycles. The molecule has 1 aromatic rings. The molecule has 1 saturated carbocycles. The monoisotopic (exact) mass is 361 g/mol. The highest BCUT2D eigenvalue weighted by atomic mass is 127. The van der Waals surface area contributed by atoms with Gasteiger partial charge in [-0.05, 0) is 59.5 Å². The number of carbonyl (C=O) groups excluding carboxylic acids is 1. The number of carbonyl (C=O) groups is 1. The fourth-order valence-corrected chi connectivity index (χ4v) is 3.12. The summed E-state index contributed by atoms with van der Waals surface area (Å²) in [5.41, 5.74) is 0.563. The highest BCUT2D eigenvalue weighted by Gasteiger charge is 2.16. The van der Waals surface area contributed by atoms with Crippen molar-refractivity contribution in [2.24, 2.45) is 5.92 Å². The topological polar surface area (TPSA) is 29.1 Å². The predicted molar refractivity (Wildman–Crippen MR) is 78.0 cm³/mol. The van der Waals surface area contributed by atoms with Crippen molar-refractivity contribution in [3.8, 4) is 0 Å². The zero-order chi connectivity index (χ0) is 13.0. The van der Waals surface area contributed by atoms with E-state index in [1.807, 2.05) is 22.6 Å². The quantitative estimate of drug-likeness (QED) is 0.817. The van der Waals surface area contributed by atoms with Gasteiger partial charge in [0, 0.05) is 10.1 Å². The standard InChI is InChI=1S/C14H17FINO/c15-11-6-7-12(13(16)8-11)14(18)17-9-10-4-2-1-3-5-10/h6-8,10H,1-5,9H2,(H,17,18). The number of hydrogen-bond acceptors (Lipinski definition) is 1. The summed E-state index contributed by atoms with van der Waals surface area (Å²) >= 11 is 1.99. The summed E-state index contributed by atoms with van der Waals surface area (Å²) in [6.45, 7) is 0.742. The summed E-state index contributed by atoms with van der Waals surface area (Å²) in [7, 11) is 0. The van der Waals surface area contributed by atoms with Gasteiger partial charge in [0.25, 0.3) is 5.91 Å². The summed E-state index contributed by atoms with van der Waals surface area (Å²) in [6.07, 6.45) is 6.28. The van der Waals surface area contributed by atoms with Crippen LogP contribution in [0.1, 0.15) is 42.5 Å². The Kier molecular flexibility index (Phi) is 4.97. The van der Waals surface area contributed by atoms with Crippen LogP contribution in [0.2, 0.25) is 0 Å². The van der Waals surface area contributed by atoms with Gasteiger partial charge in [0.05, 0.1) is 5.56 Å². The first kappa shape index (κ1) is 13.8. The van der Waals surface area contributed by atoms with Gasteiger partial charge in [0.2, 0.25) is 0 Å². The van der Waals surface area contributed by atoms with Crippen LogP contribution in [0.15, 0.2) is 18.2 Å². The second-order valence-corrected chi connectivity index (χ2v) is 6.00. The maximum Gasteiger partial charge on any atom is 0.252 e. The van der Waals surface area contributed by atoms with Crippen molar-refractivity contribution in [1.82, 2.24) is 5.32 Å². The summed E-state index contributed by atoms with van der Waals surface area (Å²) < 4.78 is 13.6. The van der Waals surface area contributed by atoms with Crippen LogP contribution in [0.25, 0.3) is 0 Å². The van der Waals surface area contributed by atoms with Gasteiger partial charge in [-0.2, -0.15) is 0 Å². The van der Waals surface area contributed by atoms with Crippen LogP contribution in [-0.2, 0) is 0 Å². The Morgan fingerprint density at radius 1 is 1.33 bits per heavy atom. The van der Waals surface area contributed by atoms with Crippen LogP contribution in [0.3, 0.4) is 0 Å². The molecule has 0 aromatic heterocycles. The van der Waals surface area contributed by atoms with E-state index in [1.165, 1.54) is 44.2 Å². The third kappa shape index (κ3) is 3.67. The van der Waals surface area contributed by atoms with Crippen molar-refractivity contribution in [1.29, 1.82) is 0 Å². The zero-order valence-corrected chi connectivity index (χ0v) is 12.4. The first-order valence-corrected chi connectivity index (χ1v) is 7.48. The molecule has 98 valence electrons. The molecule has 1 N–H and O–H groups in total. The molecule has 0 bridgehead atoms. The van der Waals surface area contributed by atoms with Gasteiger partial charge in [0.1, 0.15) is 5.82 Å². The second-order valence-electron chi connectivity index (χ2n) is 4.84. The Morgan fingerprint density at radius 3 is 2.72 bits per heavy atom. The van der Waals surface area contributed by atoms with Gasteiger partial charge in [0.15, 0.2) is 0 Å². The van der Waals surface area contributed by atoms with Gasteiger partial charge in [-0.15, -0.1) is 0 Å². The molecule has 2 rings (SSSR count). The van der Waals surface area contributed by atoms with Gasteiger partial charge < -0.3 is 5.32 Å². The number of nitrogens with one attached hydrogen (secondary N) is 1. The number of rotatable bonds is 3. The minimum Gasteiger partial charge on any atom is -0.352 e. The maximum atomic E-state index is 13.0. The molecule has 0 atom stereocenters. The van der Waals surface area contributed by atoms with E-state index in [4.69, 9.17) is 0 Å². The van der Waals surface area contributed by atoms with E-state index in [9.17, 15) is 9.18 Å². The average molecular weight is 361 g/mol. The lowest BCUT2D eigenvalue weighted by molar-refractivity contribution is 0.0942. The summed E-state index contributed by atoms with van der Waals surface area (Å²) in [6, 6.07) is 4.26. The summed E-state index contributed by atoms with van der Waals surface area (Å²) in [5, 5.41) is 2.96. The lowest BCUT2D eigenvalue weighted by Crippen LogP contribution is -2.30. The van der Waals surface area contributed by atoms with E-state index in [0.29, 0.717) is 15.1 Å². The minimum atomic E-state index is -0.303. The Bertz CT molecular complexity index is 430. The number of halogens is 2. The van der Waals surface area contributed by atoms with E-state index in [2.05, 4.69) is 5.32 Å². The van der Waals surface area contributed by atoms with Crippen LogP contribution in [-0.4, -0.2) is 12.5 Å². The zero-order valence-electron chi connectivity index (χ0n) is 10.2. The number of benzene rings is 1. The van der Waals surface area contributed by atoms with Crippen LogP contribution in [0.5, 0.6) is 0 Å². The molecule has 2 nitrogen and oxygen atoms in total. The fourth-order valence-electron chi connectivity index (χ4n) is 2.40. The van der Waals surface area contributed by atoms with Gasteiger partial charge in [-0.25, -0.2) is 4.39 Å². The fraction of sp³-hybridized carbons (Fsp3) is 0.500. The Labute approximate surface area is 120 Å². The highest BCUT2D eigenvalue weighted by Crippen LogP contribution is 2.23. The first-order valence-electron chi connectivity index (χ1n) is 6.40. The molecule has 1 amide bonds. The molecule has 0 unspecified atom stereocenters. The molecule has 0 radical (unpaired) electrons. The molecule has 0 saturated heterocycles. The molecule has 1 aromatic carbocycles. The smallest absolute Gasteiger partial charge is 0.252 e. The molecule has 1 aliphatic rings. The molecule has 1 fully saturated rings. The van der Waals surface area contributed by atoms with Crippen molar-refractivity contribution >= 4 is 28.5 Å². The largest absolute Gasteiger partial charge is 0.352 e. The molecular formula is C14H17FINO. The van der Waals surface area contributed by atoms with E-state index < -0.39 is 0 Å². The van der Waals surface area contributed by atoms with Crippen molar-refractivity contribution < 1.29 is 9.18 Å². The Balaban J connectivity index is 1.90. The van der Waals surface area contributed by atoms with Gasteiger partial charge in [-0.1, -0.05) is 19.3 Å².